The first-order valence-corrected chi connectivity index (χ1v) is 5.26. The molecule has 0 radical (unpaired) electrons. The van der Waals surface area contributed by atoms with Crippen LogP contribution < -0.4 is 0 Å². The predicted octanol–water partition coefficient (Wildman–Crippen LogP) is 4.17. The van der Waals surface area contributed by atoms with Gasteiger partial charge < -0.3 is 0 Å². The van der Waals surface area contributed by atoms with Crippen molar-refractivity contribution in [2.75, 3.05) is 0 Å². The summed E-state index contributed by atoms with van der Waals surface area (Å²) in [5.41, 5.74) is 0.278. The smallest absolute Gasteiger partial charge is 0.0156 e. The quantitative estimate of drug-likeness (QED) is 0.423. The van der Waals surface area contributed by atoms with Crippen molar-refractivity contribution >= 4 is 0 Å². The van der Waals surface area contributed by atoms with Crippen molar-refractivity contribution in [3.05, 3.63) is 12.2 Å². The lowest BCUT2D eigenvalue weighted by Gasteiger charge is -2.19. The van der Waals surface area contributed by atoms with Gasteiger partial charge in [0.2, 0.25) is 0 Å². The molecule has 0 aliphatic heterocycles. The Bertz CT molecular complexity index is 179. The molecule has 0 aromatic heterocycles. The van der Waals surface area contributed by atoms with Crippen molar-refractivity contribution in [3.63, 3.8) is 0 Å². The van der Waals surface area contributed by atoms with Gasteiger partial charge in [-0.25, -0.2) is 0 Å². The third kappa shape index (κ3) is 7.65. The lowest BCUT2D eigenvalue weighted by Crippen LogP contribution is -2.06. The second-order valence-electron chi connectivity index (χ2n) is 4.30. The van der Waals surface area contributed by atoms with E-state index in [0.717, 1.165) is 0 Å². The number of terminal acetylenes is 1. The van der Waals surface area contributed by atoms with Crippen LogP contribution in [0.1, 0.15) is 52.9 Å². The molecule has 0 heterocycles. The monoisotopic (exact) mass is 178 g/mol. The summed E-state index contributed by atoms with van der Waals surface area (Å²) in [4.78, 5) is 0. The topological polar surface area (TPSA) is 0 Å². The summed E-state index contributed by atoms with van der Waals surface area (Å²) in [5, 5.41) is 0. The molecule has 13 heavy (non-hydrogen) atoms. The minimum Gasteiger partial charge on any atom is -0.115 e. The Hall–Kier alpha value is -0.700. The number of unbranched alkanes of at least 4 members (excludes halogenated alkanes) is 3. The van der Waals surface area contributed by atoms with Crippen LogP contribution in [-0.2, 0) is 0 Å². The summed E-state index contributed by atoms with van der Waals surface area (Å²) in [5.74, 6) is 2.54. The van der Waals surface area contributed by atoms with E-state index in [4.69, 9.17) is 6.42 Å². The van der Waals surface area contributed by atoms with Crippen LogP contribution >= 0.6 is 0 Å². The molecule has 0 aromatic rings. The zero-order valence-corrected chi connectivity index (χ0v) is 9.27. The fourth-order valence-electron chi connectivity index (χ4n) is 1.36. The second kappa shape index (κ2) is 6.78. The Labute approximate surface area is 83.4 Å². The van der Waals surface area contributed by atoms with E-state index >= 15 is 0 Å². The van der Waals surface area contributed by atoms with E-state index in [0.29, 0.717) is 0 Å². The van der Waals surface area contributed by atoms with Crippen molar-refractivity contribution in [1.82, 2.24) is 0 Å². The zero-order chi connectivity index (χ0) is 10.2. The summed E-state index contributed by atoms with van der Waals surface area (Å²) in [6, 6.07) is 0. The van der Waals surface area contributed by atoms with E-state index in [9.17, 15) is 0 Å². The van der Waals surface area contributed by atoms with Gasteiger partial charge in [-0.1, -0.05) is 58.5 Å². The second-order valence-corrected chi connectivity index (χ2v) is 4.30. The van der Waals surface area contributed by atoms with E-state index in [1.54, 1.807) is 0 Å². The lowest BCUT2D eigenvalue weighted by molar-refractivity contribution is 0.410. The van der Waals surface area contributed by atoms with Gasteiger partial charge in [0.15, 0.2) is 0 Å². The third-order valence-corrected chi connectivity index (χ3v) is 2.31. The Balaban J connectivity index is 3.64. The van der Waals surface area contributed by atoms with E-state index in [2.05, 4.69) is 32.8 Å². The van der Waals surface area contributed by atoms with E-state index in [1.165, 1.54) is 32.1 Å². The van der Waals surface area contributed by atoms with Crippen LogP contribution in [0.2, 0.25) is 0 Å². The predicted molar refractivity (Wildman–Crippen MR) is 60.5 cm³/mol. The van der Waals surface area contributed by atoms with E-state index in [-0.39, 0.29) is 5.41 Å². The highest BCUT2D eigenvalue weighted by Gasteiger charge is 2.12. The van der Waals surface area contributed by atoms with Gasteiger partial charge in [-0.2, -0.15) is 0 Å². The van der Waals surface area contributed by atoms with Crippen molar-refractivity contribution < 1.29 is 0 Å². The molecule has 0 spiro atoms. The van der Waals surface area contributed by atoms with Crippen molar-refractivity contribution in [3.8, 4) is 12.3 Å². The van der Waals surface area contributed by atoms with Crippen molar-refractivity contribution in [2.24, 2.45) is 5.41 Å². The molecule has 0 saturated heterocycles. The van der Waals surface area contributed by atoms with Gasteiger partial charge in [-0.15, -0.1) is 6.42 Å². The van der Waals surface area contributed by atoms with Crippen molar-refractivity contribution in [1.29, 1.82) is 0 Å². The molecule has 0 amide bonds. The van der Waals surface area contributed by atoms with Gasteiger partial charge in [0.1, 0.15) is 0 Å². The molecule has 0 rings (SSSR count). The molecular formula is C13H22. The molecule has 0 aliphatic carbocycles. The highest BCUT2D eigenvalue weighted by atomic mass is 14.2. The fraction of sp³-hybridized carbons (Fsp3) is 0.692. The van der Waals surface area contributed by atoms with E-state index < -0.39 is 0 Å². The SMILES string of the molecule is C#C/C=C/C(C)(C)CCCCCC. The largest absolute Gasteiger partial charge is 0.115 e. The minimum atomic E-state index is 0.278. The van der Waals surface area contributed by atoms with Gasteiger partial charge in [-0.3, -0.25) is 0 Å². The fourth-order valence-corrected chi connectivity index (χ4v) is 1.36. The average Bonchev–Trinajstić information content (AvgIpc) is 2.09. The van der Waals surface area contributed by atoms with Crippen LogP contribution in [-0.4, -0.2) is 0 Å². The maximum atomic E-state index is 5.18. The Morgan fingerprint density at radius 2 is 1.92 bits per heavy atom. The Kier molecular flexibility index (Phi) is 6.41. The lowest BCUT2D eigenvalue weighted by atomic mass is 9.86. The zero-order valence-electron chi connectivity index (χ0n) is 9.27. The molecule has 74 valence electrons. The molecule has 0 nitrogen and oxygen atoms in total. The highest BCUT2D eigenvalue weighted by molar-refractivity contribution is 5.12. The summed E-state index contributed by atoms with van der Waals surface area (Å²) in [7, 11) is 0. The molecule has 0 saturated carbocycles. The van der Waals surface area contributed by atoms with E-state index in [1.807, 2.05) is 6.08 Å². The van der Waals surface area contributed by atoms with Gasteiger partial charge in [0.25, 0.3) is 0 Å². The van der Waals surface area contributed by atoms with Gasteiger partial charge in [-0.05, 0) is 17.9 Å². The first kappa shape index (κ1) is 12.3. The highest BCUT2D eigenvalue weighted by Crippen LogP contribution is 2.25. The Morgan fingerprint density at radius 3 is 2.46 bits per heavy atom. The van der Waals surface area contributed by atoms with Gasteiger partial charge >= 0.3 is 0 Å². The third-order valence-electron chi connectivity index (χ3n) is 2.31. The normalized spacial score (nSPS) is 11.8. The first-order chi connectivity index (χ1) is 6.12. The molecule has 0 bridgehead atoms. The molecule has 0 aliphatic rings. The summed E-state index contributed by atoms with van der Waals surface area (Å²) >= 11 is 0. The minimum absolute atomic E-state index is 0.278. The van der Waals surface area contributed by atoms with Crippen LogP contribution in [0, 0.1) is 17.8 Å². The maximum Gasteiger partial charge on any atom is -0.0156 e. The van der Waals surface area contributed by atoms with Gasteiger partial charge in [0.05, 0.1) is 0 Å². The summed E-state index contributed by atoms with van der Waals surface area (Å²) < 4.78 is 0. The van der Waals surface area contributed by atoms with Crippen LogP contribution in [0.15, 0.2) is 12.2 Å². The molecule has 0 unspecified atom stereocenters. The molecular weight excluding hydrogens is 156 g/mol. The summed E-state index contributed by atoms with van der Waals surface area (Å²) in [6.45, 7) is 6.73. The van der Waals surface area contributed by atoms with Crippen LogP contribution in [0.3, 0.4) is 0 Å². The summed E-state index contributed by atoms with van der Waals surface area (Å²) in [6.07, 6.45) is 15.7. The van der Waals surface area contributed by atoms with Crippen LogP contribution in [0.4, 0.5) is 0 Å². The molecule has 0 atom stereocenters. The standard InChI is InChI=1S/C13H22/c1-5-7-9-10-12-13(3,4)11-8-6-2/h2,8,11H,5,7,9-10,12H2,1,3-4H3/b11-8+. The molecule has 0 fully saturated rings. The molecule has 0 heteroatoms. The van der Waals surface area contributed by atoms with Crippen LogP contribution in [0.5, 0.6) is 0 Å². The molecule has 0 N–H and O–H groups in total. The number of allylic oxidation sites excluding steroid dienone is 2. The number of hydrogen-bond acceptors (Lipinski definition) is 0. The Morgan fingerprint density at radius 1 is 1.23 bits per heavy atom. The van der Waals surface area contributed by atoms with Gasteiger partial charge in [0, 0.05) is 0 Å². The number of hydrogen-bond donors (Lipinski definition) is 0. The van der Waals surface area contributed by atoms with Crippen LogP contribution in [0.25, 0.3) is 0 Å². The molecule has 0 aromatic carbocycles. The maximum absolute atomic E-state index is 5.18. The van der Waals surface area contributed by atoms with Crippen molar-refractivity contribution in [2.45, 2.75) is 52.9 Å². The average molecular weight is 178 g/mol. The first-order valence-electron chi connectivity index (χ1n) is 5.26. The number of rotatable bonds is 6.